The summed E-state index contributed by atoms with van der Waals surface area (Å²) in [6.45, 7) is -0.194. The van der Waals surface area contributed by atoms with Gasteiger partial charge in [0.1, 0.15) is 0 Å². The smallest absolute Gasteiger partial charge is 0.317 e. The van der Waals surface area contributed by atoms with Crippen molar-refractivity contribution < 1.29 is 14.3 Å². The number of hydrogen-bond acceptors (Lipinski definition) is 4. The summed E-state index contributed by atoms with van der Waals surface area (Å²) in [4.78, 5) is 25.5. The minimum Gasteiger partial charge on any atom is -0.457 e. The minimum atomic E-state index is -0.586. The van der Waals surface area contributed by atoms with Gasteiger partial charge in [0.25, 0.3) is 0 Å². The Morgan fingerprint density at radius 1 is 1.09 bits per heavy atom. The summed E-state index contributed by atoms with van der Waals surface area (Å²) < 4.78 is 6.30. The predicted molar refractivity (Wildman–Crippen MR) is 93.9 cm³/mol. The Morgan fingerprint density at radius 2 is 1.78 bits per heavy atom. The summed E-state index contributed by atoms with van der Waals surface area (Å²) in [5.74, 6) is -0.430. The van der Waals surface area contributed by atoms with Gasteiger partial charge in [0.15, 0.2) is 6.61 Å². The zero-order chi connectivity index (χ0) is 16.3. The highest BCUT2D eigenvalue weighted by atomic mass is 79.9. The zero-order valence-electron chi connectivity index (χ0n) is 12.6. The fourth-order valence-corrected chi connectivity index (χ4v) is 4.46. The summed E-state index contributed by atoms with van der Waals surface area (Å²) in [6, 6.07) is 13.3. The van der Waals surface area contributed by atoms with Crippen molar-refractivity contribution in [2.75, 3.05) is 6.61 Å². The van der Waals surface area contributed by atoms with Crippen LogP contribution in [0.25, 0.3) is 0 Å². The third-order valence-electron chi connectivity index (χ3n) is 4.36. The van der Waals surface area contributed by atoms with E-state index in [1.165, 1.54) is 11.3 Å². The van der Waals surface area contributed by atoms with Gasteiger partial charge in [-0.1, -0.05) is 43.2 Å². The second-order valence-electron chi connectivity index (χ2n) is 5.76. The summed E-state index contributed by atoms with van der Waals surface area (Å²) >= 11 is 4.68. The molecule has 23 heavy (non-hydrogen) atoms. The predicted octanol–water partition coefficient (Wildman–Crippen LogP) is 4.75. The van der Waals surface area contributed by atoms with Crippen LogP contribution in [0.5, 0.6) is 0 Å². The average Bonchev–Trinajstić information content (AvgIpc) is 3.23. The molecule has 1 saturated carbocycles. The molecular weight excluding hydrogens is 376 g/mol. The topological polar surface area (TPSA) is 43.4 Å². The maximum absolute atomic E-state index is 12.7. The molecule has 0 aliphatic heterocycles. The van der Waals surface area contributed by atoms with Crippen LogP contribution in [0.15, 0.2) is 46.3 Å². The number of carbonyl (C=O) groups excluding carboxylic acids is 2. The largest absolute Gasteiger partial charge is 0.457 e. The van der Waals surface area contributed by atoms with Crippen molar-refractivity contribution in [3.05, 3.63) is 56.7 Å². The lowest BCUT2D eigenvalue weighted by Crippen LogP contribution is -2.35. The Labute approximate surface area is 147 Å². The fourth-order valence-electron chi connectivity index (χ4n) is 3.15. The molecule has 1 aromatic carbocycles. The van der Waals surface area contributed by atoms with E-state index in [0.717, 1.165) is 35.0 Å². The van der Waals surface area contributed by atoms with Crippen LogP contribution >= 0.6 is 27.3 Å². The molecule has 1 aliphatic carbocycles. The number of Topliss-reactive ketones (excluding diaryl/α,β-unsaturated/α-hetero) is 1. The number of hydrogen-bond donors (Lipinski definition) is 0. The zero-order valence-corrected chi connectivity index (χ0v) is 15.0. The lowest BCUT2D eigenvalue weighted by molar-refractivity contribution is -0.149. The Kier molecular flexibility index (Phi) is 4.97. The van der Waals surface area contributed by atoms with Crippen molar-refractivity contribution in [1.82, 2.24) is 0 Å². The van der Waals surface area contributed by atoms with E-state index in [1.807, 2.05) is 36.4 Å². The second-order valence-corrected chi connectivity index (χ2v) is 8.22. The molecule has 0 N–H and O–H groups in total. The number of carbonyl (C=O) groups is 2. The number of halogens is 1. The number of ketones is 1. The molecule has 120 valence electrons. The van der Waals surface area contributed by atoms with Crippen LogP contribution < -0.4 is 0 Å². The van der Waals surface area contributed by atoms with Gasteiger partial charge in [0.05, 0.1) is 14.1 Å². The Hall–Kier alpha value is -1.46. The van der Waals surface area contributed by atoms with Gasteiger partial charge in [-0.3, -0.25) is 9.59 Å². The monoisotopic (exact) mass is 392 g/mol. The van der Waals surface area contributed by atoms with E-state index in [-0.39, 0.29) is 18.4 Å². The Morgan fingerprint density at radius 3 is 2.39 bits per heavy atom. The van der Waals surface area contributed by atoms with Crippen LogP contribution in [0.2, 0.25) is 0 Å². The number of rotatable bonds is 5. The van der Waals surface area contributed by atoms with Gasteiger partial charge in [0, 0.05) is 0 Å². The van der Waals surface area contributed by atoms with Gasteiger partial charge < -0.3 is 4.74 Å². The fraction of sp³-hybridized carbons (Fsp3) is 0.333. The third-order valence-corrected chi connectivity index (χ3v) is 6.02. The van der Waals surface area contributed by atoms with Crippen LogP contribution in [-0.4, -0.2) is 18.4 Å². The Balaban J connectivity index is 1.72. The van der Waals surface area contributed by atoms with Crippen molar-refractivity contribution in [3.63, 3.8) is 0 Å². The van der Waals surface area contributed by atoms with E-state index in [1.54, 1.807) is 6.07 Å². The lowest BCUT2D eigenvalue weighted by atomic mass is 9.79. The number of benzene rings is 1. The summed E-state index contributed by atoms with van der Waals surface area (Å²) in [7, 11) is 0. The molecular formula is C18H17BrO3S. The molecule has 1 heterocycles. The highest BCUT2D eigenvalue weighted by Crippen LogP contribution is 2.42. The van der Waals surface area contributed by atoms with Gasteiger partial charge in [-0.25, -0.2) is 0 Å². The number of ether oxygens (including phenoxy) is 1. The van der Waals surface area contributed by atoms with Crippen LogP contribution in [0, 0.1) is 0 Å². The quantitative estimate of drug-likeness (QED) is 0.544. The van der Waals surface area contributed by atoms with Gasteiger partial charge in [-0.05, 0) is 46.5 Å². The van der Waals surface area contributed by atoms with Crippen LogP contribution in [0.4, 0.5) is 0 Å². The molecule has 1 fully saturated rings. The highest BCUT2D eigenvalue weighted by molar-refractivity contribution is 9.11. The number of esters is 1. The van der Waals surface area contributed by atoms with Gasteiger partial charge in [-0.15, -0.1) is 11.3 Å². The van der Waals surface area contributed by atoms with Gasteiger partial charge in [0.2, 0.25) is 5.78 Å². The second kappa shape index (κ2) is 6.97. The van der Waals surface area contributed by atoms with Crippen LogP contribution in [-0.2, 0) is 14.9 Å². The maximum Gasteiger partial charge on any atom is 0.317 e. The molecule has 0 bridgehead atoms. The molecule has 2 aromatic rings. The standard InChI is InChI=1S/C18H17BrO3S/c19-16-9-8-15(23-16)14(20)12-22-17(21)18(10-4-5-11-18)13-6-2-1-3-7-13/h1-3,6-9H,4-5,10-12H2. The molecule has 0 radical (unpaired) electrons. The van der Waals surface area contributed by atoms with Crippen molar-refractivity contribution in [1.29, 1.82) is 0 Å². The van der Waals surface area contributed by atoms with Gasteiger partial charge >= 0.3 is 5.97 Å². The van der Waals surface area contributed by atoms with Crippen LogP contribution in [0.3, 0.4) is 0 Å². The molecule has 0 unspecified atom stereocenters. The third kappa shape index (κ3) is 3.40. The van der Waals surface area contributed by atoms with E-state index >= 15 is 0 Å². The SMILES string of the molecule is O=C(COC(=O)C1(c2ccccc2)CCCC1)c1ccc(Br)s1. The molecule has 0 saturated heterocycles. The number of thiophene rings is 1. The molecule has 3 rings (SSSR count). The van der Waals surface area contributed by atoms with E-state index in [2.05, 4.69) is 15.9 Å². The van der Waals surface area contributed by atoms with E-state index in [4.69, 9.17) is 4.74 Å². The van der Waals surface area contributed by atoms with Crippen molar-refractivity contribution in [2.45, 2.75) is 31.1 Å². The minimum absolute atomic E-state index is 0.157. The molecule has 1 aliphatic rings. The first-order chi connectivity index (χ1) is 11.1. The molecule has 0 atom stereocenters. The normalized spacial score (nSPS) is 16.2. The molecule has 1 aromatic heterocycles. The van der Waals surface area contributed by atoms with Crippen LogP contribution in [0.1, 0.15) is 40.9 Å². The first-order valence-corrected chi connectivity index (χ1v) is 9.24. The molecule has 0 amide bonds. The Bertz CT molecular complexity index is 702. The maximum atomic E-state index is 12.7. The van der Waals surface area contributed by atoms with Gasteiger partial charge in [-0.2, -0.15) is 0 Å². The van der Waals surface area contributed by atoms with E-state index in [9.17, 15) is 9.59 Å². The molecule has 3 nitrogen and oxygen atoms in total. The molecule has 0 spiro atoms. The summed E-state index contributed by atoms with van der Waals surface area (Å²) in [5, 5.41) is 0. The van der Waals surface area contributed by atoms with E-state index in [0.29, 0.717) is 4.88 Å². The lowest BCUT2D eigenvalue weighted by Gasteiger charge is -2.27. The van der Waals surface area contributed by atoms with Crippen molar-refractivity contribution in [2.24, 2.45) is 0 Å². The summed E-state index contributed by atoms with van der Waals surface area (Å²) in [6.07, 6.45) is 3.59. The molecule has 5 heteroatoms. The first-order valence-electron chi connectivity index (χ1n) is 7.63. The first kappa shape index (κ1) is 16.4. The summed E-state index contributed by atoms with van der Waals surface area (Å²) in [5.41, 5.74) is 0.409. The van der Waals surface area contributed by atoms with Crippen molar-refractivity contribution in [3.8, 4) is 0 Å². The average molecular weight is 393 g/mol. The van der Waals surface area contributed by atoms with Crippen molar-refractivity contribution >= 4 is 39.0 Å². The highest BCUT2D eigenvalue weighted by Gasteiger charge is 2.44. The van der Waals surface area contributed by atoms with E-state index < -0.39 is 5.41 Å².